The van der Waals surface area contributed by atoms with Crippen LogP contribution in [0.5, 0.6) is 0 Å². The molecule has 288 valence electrons. The van der Waals surface area contributed by atoms with Crippen molar-refractivity contribution < 1.29 is 31.3 Å². The molecule has 1 saturated carbocycles. The summed E-state index contributed by atoms with van der Waals surface area (Å²) in [5, 5.41) is 2.93. The van der Waals surface area contributed by atoms with Gasteiger partial charge in [-0.05, 0) is 62.1 Å². The van der Waals surface area contributed by atoms with E-state index in [1.54, 1.807) is 21.9 Å². The highest BCUT2D eigenvalue weighted by Crippen LogP contribution is 2.46. The van der Waals surface area contributed by atoms with Gasteiger partial charge in [0.25, 0.3) is 5.92 Å². The molecule has 2 aromatic rings. The van der Waals surface area contributed by atoms with Crippen LogP contribution in [0.2, 0.25) is 5.15 Å². The largest absolute Gasteiger partial charge is 0.356 e. The number of anilines is 2. The summed E-state index contributed by atoms with van der Waals surface area (Å²) in [6.45, 7) is 5.18. The van der Waals surface area contributed by atoms with Crippen molar-refractivity contribution in [1.29, 1.82) is 0 Å². The Bertz CT molecular complexity index is 1650. The summed E-state index contributed by atoms with van der Waals surface area (Å²) in [5.74, 6) is -4.39. The minimum Gasteiger partial charge on any atom is -0.356 e. The maximum atomic E-state index is 16.0. The fourth-order valence-electron chi connectivity index (χ4n) is 7.66. The molecule has 52 heavy (non-hydrogen) atoms. The highest BCUT2D eigenvalue weighted by molar-refractivity contribution is 7.89. The normalized spacial score (nSPS) is 22.2. The van der Waals surface area contributed by atoms with Crippen LogP contribution in [-0.2, 0) is 25.5 Å². The van der Waals surface area contributed by atoms with Crippen LogP contribution in [0.3, 0.4) is 0 Å². The standard InChI is InChI=1S/C35H52ClF2N9O4S/c1-47(19-11-39,20-12-40)18-2-13-42-34(49)25-3-5-26(6-4-25)35(37,38)27-21-31(36)43-32(22-27)44-14-16-45(17-15-44)52(50,51)30-9-7-29(8-10-30)46-24-28(41)23-33(46)48/h7-10,21-22,25-26,28H,2-6,11-20,23-24,39-41H2,1H3/p+1/t25-,26-,28-/m1/s1. The lowest BCUT2D eigenvalue weighted by Crippen LogP contribution is -2.51. The molecule has 3 heterocycles. The zero-order chi connectivity index (χ0) is 37.7. The predicted octanol–water partition coefficient (Wildman–Crippen LogP) is 2.08. The van der Waals surface area contributed by atoms with Gasteiger partial charge in [-0.15, -0.1) is 0 Å². The third-order valence-electron chi connectivity index (χ3n) is 10.8. The van der Waals surface area contributed by atoms with Crippen LogP contribution in [-0.4, -0.2) is 119 Å². The van der Waals surface area contributed by atoms with Crippen LogP contribution >= 0.6 is 11.6 Å². The first-order valence-electron chi connectivity index (χ1n) is 18.2. The number of alkyl halides is 2. The van der Waals surface area contributed by atoms with Crippen LogP contribution in [0, 0.1) is 11.8 Å². The van der Waals surface area contributed by atoms with E-state index in [2.05, 4.69) is 17.3 Å². The van der Waals surface area contributed by atoms with E-state index in [9.17, 15) is 18.0 Å². The fourth-order valence-corrected chi connectivity index (χ4v) is 9.28. The van der Waals surface area contributed by atoms with E-state index in [0.29, 0.717) is 44.7 Å². The molecule has 2 saturated heterocycles. The summed E-state index contributed by atoms with van der Waals surface area (Å²) in [6, 6.07) is 8.44. The summed E-state index contributed by atoms with van der Waals surface area (Å²) in [4.78, 5) is 32.8. The van der Waals surface area contributed by atoms with Crippen molar-refractivity contribution in [3.05, 3.63) is 47.1 Å². The van der Waals surface area contributed by atoms with Gasteiger partial charge in [-0.3, -0.25) is 9.59 Å². The van der Waals surface area contributed by atoms with Crippen molar-refractivity contribution in [2.75, 3.05) is 88.8 Å². The van der Waals surface area contributed by atoms with Gasteiger partial charge in [-0.1, -0.05) is 11.6 Å². The Kier molecular flexibility index (Phi) is 13.1. The number of hydrogen-bond donors (Lipinski definition) is 4. The van der Waals surface area contributed by atoms with E-state index >= 15 is 8.78 Å². The molecular weight excluding hydrogens is 716 g/mol. The number of benzene rings is 1. The Hall–Kier alpha value is -2.99. The number of piperazine rings is 1. The van der Waals surface area contributed by atoms with Crippen LogP contribution in [0.1, 0.15) is 44.1 Å². The van der Waals surface area contributed by atoms with E-state index in [1.165, 1.54) is 28.6 Å². The third-order valence-corrected chi connectivity index (χ3v) is 12.9. The Balaban J connectivity index is 1.13. The summed E-state index contributed by atoms with van der Waals surface area (Å²) >= 11 is 6.29. The molecule has 7 N–H and O–H groups in total. The number of sulfonamides is 1. The van der Waals surface area contributed by atoms with Gasteiger partial charge in [0, 0.05) is 94.3 Å². The van der Waals surface area contributed by atoms with Crippen LogP contribution in [0.15, 0.2) is 41.3 Å². The second-order valence-electron chi connectivity index (χ2n) is 14.6. The molecule has 3 aliphatic rings. The number of pyridine rings is 1. The van der Waals surface area contributed by atoms with Crippen molar-refractivity contribution in [2.24, 2.45) is 29.0 Å². The first kappa shape index (κ1) is 40.2. The number of rotatable bonds is 15. The Morgan fingerprint density at radius 2 is 1.65 bits per heavy atom. The lowest BCUT2D eigenvalue weighted by atomic mass is 9.77. The number of likely N-dealkylation sites (N-methyl/N-ethyl adjacent to an activating group) is 1. The Morgan fingerprint density at radius 1 is 1.02 bits per heavy atom. The molecule has 0 radical (unpaired) electrons. The molecule has 2 amide bonds. The van der Waals surface area contributed by atoms with E-state index in [1.807, 2.05) is 0 Å². The number of carbonyl (C=O) groups excluding carboxylic acids is 2. The molecule has 1 atom stereocenters. The number of nitrogens with one attached hydrogen (secondary N) is 1. The number of amides is 2. The predicted molar refractivity (Wildman–Crippen MR) is 197 cm³/mol. The van der Waals surface area contributed by atoms with E-state index in [-0.39, 0.29) is 90.6 Å². The summed E-state index contributed by atoms with van der Waals surface area (Å²) < 4.78 is 61.0. The second-order valence-corrected chi connectivity index (χ2v) is 16.9. The smallest absolute Gasteiger partial charge is 0.276 e. The molecule has 0 bridgehead atoms. The third kappa shape index (κ3) is 9.38. The van der Waals surface area contributed by atoms with Gasteiger partial charge in [0.05, 0.1) is 31.6 Å². The zero-order valence-corrected chi connectivity index (χ0v) is 31.4. The molecule has 0 spiro atoms. The second kappa shape index (κ2) is 17.0. The van der Waals surface area contributed by atoms with Gasteiger partial charge in [0.15, 0.2) is 0 Å². The molecule has 1 aliphatic carbocycles. The number of nitrogens with two attached hydrogens (primary N) is 3. The van der Waals surface area contributed by atoms with Crippen molar-refractivity contribution in [2.45, 2.75) is 55.4 Å². The molecule has 5 rings (SSSR count). The van der Waals surface area contributed by atoms with Crippen molar-refractivity contribution in [3.63, 3.8) is 0 Å². The van der Waals surface area contributed by atoms with Gasteiger partial charge in [0.1, 0.15) is 11.0 Å². The molecular formula is C35H53ClF2N9O4S+. The van der Waals surface area contributed by atoms with Crippen molar-refractivity contribution >= 4 is 44.9 Å². The highest BCUT2D eigenvalue weighted by atomic mass is 35.5. The van der Waals surface area contributed by atoms with Crippen LogP contribution < -0.4 is 32.3 Å². The Labute approximate surface area is 310 Å². The van der Waals surface area contributed by atoms with Gasteiger partial charge < -0.3 is 36.8 Å². The monoisotopic (exact) mass is 768 g/mol. The van der Waals surface area contributed by atoms with E-state index < -0.39 is 21.9 Å². The van der Waals surface area contributed by atoms with Crippen molar-refractivity contribution in [1.82, 2.24) is 14.6 Å². The minimum atomic E-state index is -3.84. The SMILES string of the molecule is C[N+](CCN)(CCN)CCCNC(=O)[C@H]1CC[C@H](C(F)(F)c2cc(Cl)nc(N3CCN(S(=O)(=O)c4ccc(N5C[C@H](N)CC5=O)cc4)CC3)c2)CC1. The number of hydrogen-bond acceptors (Lipinski definition) is 9. The first-order chi connectivity index (χ1) is 24.7. The first-order valence-corrected chi connectivity index (χ1v) is 20.0. The van der Waals surface area contributed by atoms with Gasteiger partial charge >= 0.3 is 0 Å². The summed E-state index contributed by atoms with van der Waals surface area (Å²) in [7, 11) is -1.73. The van der Waals surface area contributed by atoms with E-state index in [4.69, 9.17) is 28.8 Å². The number of halogens is 3. The average Bonchev–Trinajstić information content (AvgIpc) is 3.47. The maximum absolute atomic E-state index is 16.0. The molecule has 3 fully saturated rings. The number of carbonyl (C=O) groups is 2. The number of quaternary nitrogens is 1. The lowest BCUT2D eigenvalue weighted by Gasteiger charge is -2.36. The molecule has 17 heteroatoms. The van der Waals surface area contributed by atoms with Gasteiger partial charge in [-0.2, -0.15) is 4.31 Å². The average molecular weight is 769 g/mol. The summed E-state index contributed by atoms with van der Waals surface area (Å²) in [6.07, 6.45) is 2.16. The minimum absolute atomic E-state index is 0.0690. The molecule has 1 aromatic heterocycles. The molecule has 1 aromatic carbocycles. The maximum Gasteiger partial charge on any atom is 0.276 e. The van der Waals surface area contributed by atoms with Gasteiger partial charge in [-0.25, -0.2) is 22.2 Å². The quantitative estimate of drug-likeness (QED) is 0.120. The van der Waals surface area contributed by atoms with E-state index in [0.717, 1.165) is 30.5 Å². The topological polar surface area (TPSA) is 181 Å². The molecule has 0 unspecified atom stereocenters. The highest BCUT2D eigenvalue weighted by Gasteiger charge is 2.44. The number of nitrogens with zero attached hydrogens (tertiary/aromatic N) is 5. The summed E-state index contributed by atoms with van der Waals surface area (Å²) in [5.41, 5.74) is 17.8. The molecule has 2 aliphatic heterocycles. The lowest BCUT2D eigenvalue weighted by molar-refractivity contribution is -0.906. The molecule has 13 nitrogen and oxygen atoms in total. The fraction of sp³-hybridized carbons (Fsp3) is 0.629. The van der Waals surface area contributed by atoms with Crippen LogP contribution in [0.4, 0.5) is 20.3 Å². The van der Waals surface area contributed by atoms with Crippen LogP contribution in [0.25, 0.3) is 0 Å². The zero-order valence-electron chi connectivity index (χ0n) is 29.9. The van der Waals surface area contributed by atoms with Crippen molar-refractivity contribution in [3.8, 4) is 0 Å². The Morgan fingerprint density at radius 3 is 2.23 bits per heavy atom. The van der Waals surface area contributed by atoms with Gasteiger partial charge in [0.2, 0.25) is 21.8 Å². The number of aromatic nitrogens is 1.